The molecule has 2 aliphatic rings. The molecule has 5 rings (SSSR count). The molecule has 1 saturated heterocycles. The third-order valence-corrected chi connectivity index (χ3v) is 5.55. The van der Waals surface area contributed by atoms with Gasteiger partial charge in [-0.15, -0.1) is 0 Å². The van der Waals surface area contributed by atoms with Crippen molar-refractivity contribution in [2.24, 2.45) is 0 Å². The molecule has 0 amide bonds. The molecule has 0 N–H and O–H groups in total. The van der Waals surface area contributed by atoms with Crippen LogP contribution in [-0.2, 0) is 6.42 Å². The predicted octanol–water partition coefficient (Wildman–Crippen LogP) is 4.83. The molecule has 3 aromatic rings. The zero-order chi connectivity index (χ0) is 18.1. The van der Waals surface area contributed by atoms with Crippen LogP contribution in [0.4, 0.5) is 17.5 Å². The van der Waals surface area contributed by atoms with Gasteiger partial charge in [-0.2, -0.15) is 4.98 Å². The van der Waals surface area contributed by atoms with Gasteiger partial charge in [0.05, 0.1) is 5.69 Å². The Morgan fingerprint density at radius 2 is 1.52 bits per heavy atom. The topological polar surface area (TPSA) is 32.3 Å². The normalized spacial score (nSPS) is 16.4. The molecule has 0 bridgehead atoms. The van der Waals surface area contributed by atoms with Crippen LogP contribution in [0.1, 0.15) is 24.8 Å². The lowest BCUT2D eigenvalue weighted by Gasteiger charge is -2.31. The van der Waals surface area contributed by atoms with Gasteiger partial charge in [0.15, 0.2) is 0 Å². The number of benzene rings is 2. The minimum Gasteiger partial charge on any atom is -0.341 e. The van der Waals surface area contributed by atoms with Crippen molar-refractivity contribution < 1.29 is 0 Å². The quantitative estimate of drug-likeness (QED) is 0.673. The zero-order valence-corrected chi connectivity index (χ0v) is 15.5. The van der Waals surface area contributed by atoms with Crippen molar-refractivity contribution in [3.63, 3.8) is 0 Å². The van der Waals surface area contributed by atoms with E-state index in [1.54, 1.807) is 0 Å². The molecule has 0 radical (unpaired) electrons. The molecule has 2 aliphatic heterocycles. The molecule has 27 heavy (non-hydrogen) atoms. The summed E-state index contributed by atoms with van der Waals surface area (Å²) in [7, 11) is 0. The summed E-state index contributed by atoms with van der Waals surface area (Å²) in [4.78, 5) is 14.6. The fourth-order valence-electron chi connectivity index (χ4n) is 4.15. The molecule has 2 aromatic carbocycles. The minimum absolute atomic E-state index is 0.868. The first-order valence-electron chi connectivity index (χ1n) is 9.93. The lowest BCUT2D eigenvalue weighted by atomic mass is 10.0. The summed E-state index contributed by atoms with van der Waals surface area (Å²) in [6.45, 7) is 3.10. The first kappa shape index (κ1) is 16.3. The van der Waals surface area contributed by atoms with Gasteiger partial charge in [0.25, 0.3) is 0 Å². The van der Waals surface area contributed by atoms with E-state index in [4.69, 9.17) is 9.97 Å². The van der Waals surface area contributed by atoms with Gasteiger partial charge in [-0.1, -0.05) is 48.5 Å². The Labute approximate surface area is 160 Å². The van der Waals surface area contributed by atoms with E-state index in [0.29, 0.717) is 0 Å². The van der Waals surface area contributed by atoms with Gasteiger partial charge in [-0.3, -0.25) is 0 Å². The van der Waals surface area contributed by atoms with Crippen molar-refractivity contribution in [1.29, 1.82) is 0 Å². The monoisotopic (exact) mass is 356 g/mol. The molecule has 136 valence electrons. The van der Waals surface area contributed by atoms with E-state index in [9.17, 15) is 0 Å². The first-order chi connectivity index (χ1) is 13.4. The SMILES string of the molecule is c1ccc(-c2cc(N3CCCc4ccccc43)nc(N3CCCC3)n2)cc1. The molecule has 3 heterocycles. The van der Waals surface area contributed by atoms with Crippen LogP contribution in [0.25, 0.3) is 11.3 Å². The van der Waals surface area contributed by atoms with Gasteiger partial charge in [0, 0.05) is 37.0 Å². The van der Waals surface area contributed by atoms with E-state index in [1.807, 2.05) is 6.07 Å². The molecule has 1 fully saturated rings. The molecular formula is C23H24N4. The minimum atomic E-state index is 0.868. The van der Waals surface area contributed by atoms with Crippen molar-refractivity contribution >= 4 is 17.5 Å². The summed E-state index contributed by atoms with van der Waals surface area (Å²) in [6.07, 6.45) is 4.74. The molecule has 0 unspecified atom stereocenters. The maximum absolute atomic E-state index is 5.00. The maximum atomic E-state index is 5.00. The smallest absolute Gasteiger partial charge is 0.227 e. The van der Waals surface area contributed by atoms with E-state index < -0.39 is 0 Å². The van der Waals surface area contributed by atoms with Gasteiger partial charge in [0.2, 0.25) is 5.95 Å². The number of anilines is 3. The number of rotatable bonds is 3. The van der Waals surface area contributed by atoms with E-state index in [2.05, 4.69) is 64.4 Å². The molecular weight excluding hydrogens is 332 g/mol. The number of hydrogen-bond acceptors (Lipinski definition) is 4. The highest BCUT2D eigenvalue weighted by molar-refractivity contribution is 5.71. The van der Waals surface area contributed by atoms with Crippen LogP contribution in [0, 0.1) is 0 Å². The largest absolute Gasteiger partial charge is 0.341 e. The third kappa shape index (κ3) is 3.16. The molecule has 0 saturated carbocycles. The Hall–Kier alpha value is -2.88. The molecule has 4 heteroatoms. The Balaban J connectivity index is 1.63. The second kappa shape index (κ2) is 7.03. The number of aryl methyl sites for hydroxylation is 1. The summed E-state index contributed by atoms with van der Waals surface area (Å²) in [5, 5.41) is 0. The lowest BCUT2D eigenvalue weighted by molar-refractivity contribution is 0.756. The molecule has 4 nitrogen and oxygen atoms in total. The number of nitrogens with zero attached hydrogens (tertiary/aromatic N) is 4. The van der Waals surface area contributed by atoms with Crippen LogP contribution >= 0.6 is 0 Å². The predicted molar refractivity (Wildman–Crippen MR) is 111 cm³/mol. The maximum Gasteiger partial charge on any atom is 0.227 e. The van der Waals surface area contributed by atoms with Gasteiger partial charge in [-0.25, -0.2) is 4.98 Å². The number of hydrogen-bond donors (Lipinski definition) is 0. The second-order valence-electron chi connectivity index (χ2n) is 7.36. The molecule has 0 atom stereocenters. The Morgan fingerprint density at radius 1 is 0.741 bits per heavy atom. The molecule has 1 aromatic heterocycles. The zero-order valence-electron chi connectivity index (χ0n) is 15.5. The number of para-hydroxylation sites is 1. The van der Waals surface area contributed by atoms with Gasteiger partial charge >= 0.3 is 0 Å². The summed E-state index contributed by atoms with van der Waals surface area (Å²) in [6, 6.07) is 21.3. The summed E-state index contributed by atoms with van der Waals surface area (Å²) in [5.74, 6) is 1.88. The highest BCUT2D eigenvalue weighted by atomic mass is 15.3. The lowest BCUT2D eigenvalue weighted by Crippen LogP contribution is -2.27. The fraction of sp³-hybridized carbons (Fsp3) is 0.304. The van der Waals surface area contributed by atoms with Crippen LogP contribution in [0.2, 0.25) is 0 Å². The van der Waals surface area contributed by atoms with Crippen LogP contribution in [-0.4, -0.2) is 29.6 Å². The van der Waals surface area contributed by atoms with E-state index >= 15 is 0 Å². The highest BCUT2D eigenvalue weighted by Crippen LogP contribution is 2.35. The van der Waals surface area contributed by atoms with Crippen molar-refractivity contribution in [2.45, 2.75) is 25.7 Å². The summed E-state index contributed by atoms with van der Waals surface area (Å²) < 4.78 is 0. The number of aromatic nitrogens is 2. The molecule has 0 aliphatic carbocycles. The van der Waals surface area contributed by atoms with Crippen LogP contribution < -0.4 is 9.80 Å². The van der Waals surface area contributed by atoms with Gasteiger partial charge < -0.3 is 9.80 Å². The van der Waals surface area contributed by atoms with E-state index in [1.165, 1.54) is 24.1 Å². The van der Waals surface area contributed by atoms with Crippen LogP contribution in [0.3, 0.4) is 0 Å². The van der Waals surface area contributed by atoms with E-state index in [0.717, 1.165) is 55.5 Å². The average molecular weight is 356 g/mol. The van der Waals surface area contributed by atoms with Crippen molar-refractivity contribution in [2.75, 3.05) is 29.4 Å². The van der Waals surface area contributed by atoms with Crippen molar-refractivity contribution in [3.8, 4) is 11.3 Å². The van der Waals surface area contributed by atoms with Gasteiger partial charge in [-0.05, 0) is 37.3 Å². The van der Waals surface area contributed by atoms with Crippen LogP contribution in [0.5, 0.6) is 0 Å². The van der Waals surface area contributed by atoms with Crippen molar-refractivity contribution in [1.82, 2.24) is 9.97 Å². The Bertz CT molecular complexity index is 932. The average Bonchev–Trinajstić information content (AvgIpc) is 3.29. The third-order valence-electron chi connectivity index (χ3n) is 5.55. The standard InChI is InChI=1S/C23H24N4/c1-2-9-18(10-3-1)20-17-22(25-23(24-20)26-14-6-7-15-26)27-16-8-12-19-11-4-5-13-21(19)27/h1-5,9-11,13,17H,6-8,12,14-16H2. The number of fused-ring (bicyclic) bond motifs is 1. The first-order valence-corrected chi connectivity index (χ1v) is 9.93. The second-order valence-corrected chi connectivity index (χ2v) is 7.36. The van der Waals surface area contributed by atoms with Gasteiger partial charge in [0.1, 0.15) is 5.82 Å². The Morgan fingerprint density at radius 3 is 2.37 bits per heavy atom. The van der Waals surface area contributed by atoms with Crippen LogP contribution in [0.15, 0.2) is 60.7 Å². The fourth-order valence-corrected chi connectivity index (χ4v) is 4.15. The summed E-state index contributed by atoms with van der Waals surface area (Å²) in [5.41, 5.74) is 4.85. The summed E-state index contributed by atoms with van der Waals surface area (Å²) >= 11 is 0. The molecule has 0 spiro atoms. The van der Waals surface area contributed by atoms with Crippen molar-refractivity contribution in [3.05, 3.63) is 66.2 Å². The highest BCUT2D eigenvalue weighted by Gasteiger charge is 2.23. The Kier molecular flexibility index (Phi) is 4.24. The van der Waals surface area contributed by atoms with E-state index in [-0.39, 0.29) is 0 Å².